The van der Waals surface area contributed by atoms with E-state index in [4.69, 9.17) is 22.1 Å². The molecule has 0 radical (unpaired) electrons. The van der Waals surface area contributed by atoms with Crippen molar-refractivity contribution < 1.29 is 9.53 Å². The fraction of sp³-hybridized carbons (Fsp3) is 0.500. The summed E-state index contributed by atoms with van der Waals surface area (Å²) in [5.41, 5.74) is 5.69. The van der Waals surface area contributed by atoms with E-state index in [0.29, 0.717) is 29.6 Å². The molecule has 0 fully saturated rings. The lowest BCUT2D eigenvalue weighted by atomic mass is 10.2. The molecule has 7 heteroatoms. The number of pyridine rings is 1. The highest BCUT2D eigenvalue weighted by atomic mass is 35.5. The lowest BCUT2D eigenvalue weighted by Crippen LogP contribution is -2.35. The van der Waals surface area contributed by atoms with Gasteiger partial charge in [-0.3, -0.25) is 0 Å². The molecule has 106 valence electrons. The molecule has 1 amide bonds. The molecule has 0 saturated carbocycles. The summed E-state index contributed by atoms with van der Waals surface area (Å²) >= 11 is 5.74. The smallest absolute Gasteiger partial charge is 0.407 e. The number of carbonyl (C=O) groups is 1. The van der Waals surface area contributed by atoms with Crippen molar-refractivity contribution >= 4 is 29.2 Å². The van der Waals surface area contributed by atoms with Crippen LogP contribution in [-0.2, 0) is 4.74 Å². The lowest BCUT2D eigenvalue weighted by Gasteiger charge is -2.19. The van der Waals surface area contributed by atoms with Crippen molar-refractivity contribution in [2.75, 3.05) is 24.1 Å². The van der Waals surface area contributed by atoms with E-state index in [1.54, 1.807) is 6.07 Å². The summed E-state index contributed by atoms with van der Waals surface area (Å²) in [5.74, 6) is 0.537. The van der Waals surface area contributed by atoms with Crippen LogP contribution in [0.1, 0.15) is 20.8 Å². The van der Waals surface area contributed by atoms with Crippen molar-refractivity contribution in [3.8, 4) is 0 Å². The molecule has 0 atom stereocenters. The zero-order valence-electron chi connectivity index (χ0n) is 11.3. The van der Waals surface area contributed by atoms with Crippen LogP contribution in [0.2, 0.25) is 5.02 Å². The minimum absolute atomic E-state index is 0.401. The van der Waals surface area contributed by atoms with Crippen LogP contribution < -0.4 is 16.4 Å². The first kappa shape index (κ1) is 15.4. The summed E-state index contributed by atoms with van der Waals surface area (Å²) < 4.78 is 5.09. The van der Waals surface area contributed by atoms with E-state index in [1.165, 1.54) is 6.20 Å². The van der Waals surface area contributed by atoms with Crippen molar-refractivity contribution in [3.05, 3.63) is 17.3 Å². The molecule has 0 unspecified atom stereocenters. The predicted molar refractivity (Wildman–Crippen MR) is 76.4 cm³/mol. The molecule has 0 aliphatic heterocycles. The van der Waals surface area contributed by atoms with Gasteiger partial charge in [-0.25, -0.2) is 9.78 Å². The standard InChI is InChI=1S/C12H19ClN4O2/c1-12(2,3)19-11(18)16-5-4-15-10-9(14)6-8(13)7-17-10/h6-7H,4-5,14H2,1-3H3,(H,15,17)(H,16,18). The SMILES string of the molecule is CC(C)(C)OC(=O)NCCNc1ncc(Cl)cc1N. The molecule has 0 spiro atoms. The minimum atomic E-state index is -0.500. The predicted octanol–water partition coefficient (Wildman–Crippen LogP) is 2.25. The van der Waals surface area contributed by atoms with Gasteiger partial charge in [0.05, 0.1) is 10.7 Å². The first-order valence-corrected chi connectivity index (χ1v) is 6.27. The zero-order valence-corrected chi connectivity index (χ0v) is 12.0. The molecule has 0 saturated heterocycles. The van der Waals surface area contributed by atoms with E-state index >= 15 is 0 Å². The van der Waals surface area contributed by atoms with Crippen molar-refractivity contribution in [2.45, 2.75) is 26.4 Å². The Labute approximate surface area is 117 Å². The third-order valence-electron chi connectivity index (χ3n) is 1.97. The third kappa shape index (κ3) is 6.15. The number of anilines is 2. The van der Waals surface area contributed by atoms with Crippen molar-refractivity contribution in [3.63, 3.8) is 0 Å². The maximum absolute atomic E-state index is 11.4. The number of alkyl carbamates (subject to hydrolysis) is 1. The Morgan fingerprint density at radius 2 is 2.16 bits per heavy atom. The number of nitrogens with one attached hydrogen (secondary N) is 2. The van der Waals surface area contributed by atoms with Crippen LogP contribution in [0.15, 0.2) is 12.3 Å². The van der Waals surface area contributed by atoms with Crippen LogP contribution in [0.25, 0.3) is 0 Å². The summed E-state index contributed by atoms with van der Waals surface area (Å²) in [5, 5.41) is 6.10. The Kier molecular flexibility index (Phi) is 5.23. The van der Waals surface area contributed by atoms with Gasteiger partial charge in [-0.1, -0.05) is 11.6 Å². The zero-order chi connectivity index (χ0) is 14.5. The van der Waals surface area contributed by atoms with E-state index in [9.17, 15) is 4.79 Å². The van der Waals surface area contributed by atoms with Crippen LogP contribution >= 0.6 is 11.6 Å². The summed E-state index contributed by atoms with van der Waals surface area (Å²) in [7, 11) is 0. The summed E-state index contributed by atoms with van der Waals surface area (Å²) in [6, 6.07) is 1.61. The molecule has 0 aliphatic rings. The number of amides is 1. The molecule has 1 heterocycles. The number of aromatic nitrogens is 1. The van der Waals surface area contributed by atoms with Gasteiger partial charge in [0, 0.05) is 19.3 Å². The molecule has 0 bridgehead atoms. The fourth-order valence-corrected chi connectivity index (χ4v) is 1.43. The largest absolute Gasteiger partial charge is 0.444 e. The molecular weight excluding hydrogens is 268 g/mol. The Hall–Kier alpha value is -1.69. The minimum Gasteiger partial charge on any atom is -0.444 e. The first-order valence-electron chi connectivity index (χ1n) is 5.89. The highest BCUT2D eigenvalue weighted by Gasteiger charge is 2.15. The second kappa shape index (κ2) is 6.47. The van der Waals surface area contributed by atoms with Gasteiger partial charge in [0.2, 0.25) is 0 Å². The van der Waals surface area contributed by atoms with Gasteiger partial charge in [-0.15, -0.1) is 0 Å². The van der Waals surface area contributed by atoms with Gasteiger partial charge >= 0.3 is 6.09 Å². The lowest BCUT2D eigenvalue weighted by molar-refractivity contribution is 0.0530. The fourth-order valence-electron chi connectivity index (χ4n) is 1.26. The van der Waals surface area contributed by atoms with Gasteiger partial charge in [0.25, 0.3) is 0 Å². The second-order valence-electron chi connectivity index (χ2n) is 4.95. The number of nitrogen functional groups attached to an aromatic ring is 1. The third-order valence-corrected chi connectivity index (χ3v) is 2.18. The number of rotatable bonds is 4. The Bertz CT molecular complexity index is 446. The van der Waals surface area contributed by atoms with E-state index in [-0.39, 0.29) is 0 Å². The van der Waals surface area contributed by atoms with Crippen LogP contribution in [0, 0.1) is 0 Å². The number of carbonyl (C=O) groups excluding carboxylic acids is 1. The Morgan fingerprint density at radius 3 is 2.74 bits per heavy atom. The highest BCUT2D eigenvalue weighted by molar-refractivity contribution is 6.30. The maximum atomic E-state index is 11.4. The number of halogens is 1. The molecule has 0 aliphatic carbocycles. The monoisotopic (exact) mass is 286 g/mol. The molecular formula is C12H19ClN4O2. The van der Waals surface area contributed by atoms with Crippen LogP contribution in [-0.4, -0.2) is 29.8 Å². The molecule has 1 aromatic heterocycles. The Balaban J connectivity index is 2.29. The van der Waals surface area contributed by atoms with Gasteiger partial charge in [-0.2, -0.15) is 0 Å². The van der Waals surface area contributed by atoms with E-state index in [2.05, 4.69) is 15.6 Å². The van der Waals surface area contributed by atoms with E-state index in [1.807, 2.05) is 20.8 Å². The van der Waals surface area contributed by atoms with E-state index in [0.717, 1.165) is 0 Å². The second-order valence-corrected chi connectivity index (χ2v) is 5.38. The quantitative estimate of drug-likeness (QED) is 0.739. The van der Waals surface area contributed by atoms with Gasteiger partial charge in [0.15, 0.2) is 0 Å². The summed E-state index contributed by atoms with van der Waals surface area (Å²) in [4.78, 5) is 15.4. The van der Waals surface area contributed by atoms with Crippen molar-refractivity contribution in [2.24, 2.45) is 0 Å². The van der Waals surface area contributed by atoms with E-state index < -0.39 is 11.7 Å². The van der Waals surface area contributed by atoms with Gasteiger partial charge in [0.1, 0.15) is 11.4 Å². The average Bonchev–Trinajstić information content (AvgIpc) is 2.24. The van der Waals surface area contributed by atoms with Crippen LogP contribution in [0.3, 0.4) is 0 Å². The maximum Gasteiger partial charge on any atom is 0.407 e. The number of hydrogen-bond acceptors (Lipinski definition) is 5. The topological polar surface area (TPSA) is 89.3 Å². The van der Waals surface area contributed by atoms with Crippen molar-refractivity contribution in [1.29, 1.82) is 0 Å². The molecule has 4 N–H and O–H groups in total. The average molecular weight is 287 g/mol. The Morgan fingerprint density at radius 1 is 1.47 bits per heavy atom. The number of nitrogens with zero attached hydrogens (tertiary/aromatic N) is 1. The van der Waals surface area contributed by atoms with Crippen LogP contribution in [0.5, 0.6) is 0 Å². The van der Waals surface area contributed by atoms with Crippen LogP contribution in [0.4, 0.5) is 16.3 Å². The number of ether oxygens (including phenoxy) is 1. The molecule has 6 nitrogen and oxygen atoms in total. The number of nitrogens with two attached hydrogens (primary N) is 1. The normalized spacial score (nSPS) is 10.9. The molecule has 19 heavy (non-hydrogen) atoms. The number of hydrogen-bond donors (Lipinski definition) is 3. The van der Waals surface area contributed by atoms with Crippen molar-refractivity contribution in [1.82, 2.24) is 10.3 Å². The molecule has 0 aromatic carbocycles. The van der Waals surface area contributed by atoms with Gasteiger partial charge in [-0.05, 0) is 26.8 Å². The molecule has 1 aromatic rings. The first-order chi connectivity index (χ1) is 8.78. The summed E-state index contributed by atoms with van der Waals surface area (Å²) in [6.45, 7) is 6.31. The highest BCUT2D eigenvalue weighted by Crippen LogP contribution is 2.18. The molecule has 1 rings (SSSR count). The van der Waals surface area contributed by atoms with Gasteiger partial charge < -0.3 is 21.1 Å². The summed E-state index contributed by atoms with van der Waals surface area (Å²) in [6.07, 6.45) is 1.05.